The second-order valence-electron chi connectivity index (χ2n) is 8.21. The van der Waals surface area contributed by atoms with Crippen molar-refractivity contribution in [2.45, 2.75) is 44.3 Å². The molecule has 1 unspecified atom stereocenters. The number of thioether (sulfide) groups is 1. The van der Waals surface area contributed by atoms with Crippen LogP contribution >= 0.6 is 11.8 Å². The second-order valence-corrected chi connectivity index (χ2v) is 9.56. The van der Waals surface area contributed by atoms with E-state index in [4.69, 9.17) is 4.74 Å². The number of esters is 1. The van der Waals surface area contributed by atoms with Crippen LogP contribution in [0.2, 0.25) is 0 Å². The number of fused-ring (bicyclic) bond motifs is 1. The normalized spacial score (nSPS) is 27.7. The third-order valence-corrected chi connectivity index (χ3v) is 7.54. The Hall–Kier alpha value is -2.92. The van der Waals surface area contributed by atoms with E-state index in [1.165, 1.54) is 40.9 Å². The smallest absolute Gasteiger partial charge is 0.356 e. The molecule has 0 radical (unpaired) electrons. The molecule has 2 N–H and O–H groups in total. The van der Waals surface area contributed by atoms with Crippen LogP contribution in [0.15, 0.2) is 34.9 Å². The van der Waals surface area contributed by atoms with Crippen LogP contribution in [0, 0.1) is 22.0 Å². The van der Waals surface area contributed by atoms with Gasteiger partial charge in [-0.1, -0.05) is 6.92 Å². The van der Waals surface area contributed by atoms with Gasteiger partial charge in [-0.2, -0.15) is 0 Å². The number of carbonyl (C=O) groups excluding carboxylic acids is 3. The lowest BCUT2D eigenvalue weighted by Crippen LogP contribution is -2.63. The van der Waals surface area contributed by atoms with Crippen molar-refractivity contribution in [2.24, 2.45) is 11.8 Å². The van der Waals surface area contributed by atoms with Gasteiger partial charge in [0.2, 0.25) is 11.8 Å². The summed E-state index contributed by atoms with van der Waals surface area (Å²) >= 11 is 1.40. The van der Waals surface area contributed by atoms with Crippen molar-refractivity contribution in [3.8, 4) is 0 Å². The van der Waals surface area contributed by atoms with E-state index in [0.29, 0.717) is 23.4 Å². The van der Waals surface area contributed by atoms with Gasteiger partial charge in [0, 0.05) is 41.2 Å². The summed E-state index contributed by atoms with van der Waals surface area (Å²) in [6.45, 7) is 3.83. The molecule has 1 aromatic rings. The maximum atomic E-state index is 13.1. The summed E-state index contributed by atoms with van der Waals surface area (Å²) in [5.41, 5.74) is 0.670. The van der Waals surface area contributed by atoms with Crippen LogP contribution in [0.4, 0.5) is 5.69 Å². The molecular formula is C21H23N3O7S. The molecular weight excluding hydrogens is 438 g/mol. The monoisotopic (exact) mass is 461 g/mol. The van der Waals surface area contributed by atoms with E-state index < -0.39 is 22.9 Å². The predicted molar refractivity (Wildman–Crippen MR) is 114 cm³/mol. The number of nitro benzene ring substituents is 1. The first-order valence-electron chi connectivity index (χ1n) is 10.3. The quantitative estimate of drug-likeness (QED) is 0.268. The number of β-lactam (4-membered cyclic amide) rings is 1. The average Bonchev–Trinajstić information content (AvgIpc) is 3.26. The zero-order chi connectivity index (χ0) is 23.2. The number of non-ortho nitro benzene ring substituents is 1. The van der Waals surface area contributed by atoms with E-state index >= 15 is 0 Å². The van der Waals surface area contributed by atoms with E-state index in [1.54, 1.807) is 6.92 Å². The summed E-state index contributed by atoms with van der Waals surface area (Å²) in [6, 6.07) is 5.33. The minimum atomic E-state index is -0.845. The summed E-state index contributed by atoms with van der Waals surface area (Å²) in [7, 11) is 0. The number of nitro groups is 1. The molecule has 3 aliphatic heterocycles. The highest BCUT2D eigenvalue weighted by Gasteiger charge is 2.60. The number of hydrogen-bond donors (Lipinski definition) is 2. The topological polar surface area (TPSA) is 139 Å². The minimum Gasteiger partial charge on any atom is -0.456 e. The summed E-state index contributed by atoms with van der Waals surface area (Å²) in [6.07, 6.45) is -0.521. The fourth-order valence-electron chi connectivity index (χ4n) is 4.44. The van der Waals surface area contributed by atoms with Crippen LogP contribution in [-0.4, -0.2) is 56.7 Å². The second kappa shape index (κ2) is 8.55. The molecule has 11 heteroatoms. The number of aliphatic hydroxyl groups is 1. The number of benzene rings is 1. The number of nitrogens with zero attached hydrogens (tertiary/aromatic N) is 2. The Morgan fingerprint density at radius 2 is 2.06 bits per heavy atom. The van der Waals surface area contributed by atoms with E-state index in [-0.39, 0.29) is 47.0 Å². The number of carbonyl (C=O) groups is 3. The molecule has 4 rings (SSSR count). The number of ether oxygens (including phenoxy) is 1. The Balaban J connectivity index is 1.55. The molecule has 5 atom stereocenters. The van der Waals surface area contributed by atoms with Gasteiger partial charge >= 0.3 is 5.97 Å². The average molecular weight is 461 g/mol. The van der Waals surface area contributed by atoms with Crippen molar-refractivity contribution in [1.82, 2.24) is 10.2 Å². The molecule has 170 valence electrons. The van der Waals surface area contributed by atoms with Gasteiger partial charge in [-0.3, -0.25) is 19.7 Å². The van der Waals surface area contributed by atoms with Crippen molar-refractivity contribution in [3.63, 3.8) is 0 Å². The maximum absolute atomic E-state index is 13.1. The third kappa shape index (κ3) is 3.86. The number of amides is 2. The first-order chi connectivity index (χ1) is 15.2. The third-order valence-electron chi connectivity index (χ3n) is 6.05. The molecule has 2 fully saturated rings. The van der Waals surface area contributed by atoms with Crippen LogP contribution in [0.25, 0.3) is 0 Å². The molecule has 0 aliphatic carbocycles. The van der Waals surface area contributed by atoms with Crippen LogP contribution in [0.5, 0.6) is 0 Å². The lowest BCUT2D eigenvalue weighted by Gasteiger charge is -2.46. The highest BCUT2D eigenvalue weighted by Crippen LogP contribution is 2.52. The van der Waals surface area contributed by atoms with Gasteiger partial charge in [0.05, 0.1) is 23.0 Å². The van der Waals surface area contributed by atoms with Crippen molar-refractivity contribution in [3.05, 3.63) is 50.5 Å². The van der Waals surface area contributed by atoms with Gasteiger partial charge in [-0.05, 0) is 24.6 Å². The van der Waals surface area contributed by atoms with E-state index in [1.807, 2.05) is 6.92 Å². The van der Waals surface area contributed by atoms with E-state index in [9.17, 15) is 29.6 Å². The van der Waals surface area contributed by atoms with Crippen LogP contribution in [0.1, 0.15) is 25.8 Å². The molecule has 3 heterocycles. The number of nitrogens with one attached hydrogen (secondary N) is 1. The standard InChI is InChI=1S/C21H23N3O7S/c1-10-17-16(11(2)25)20(27)23(17)18(19(10)32-14-7-15(26)22-8-14)21(28)31-9-12-3-5-13(6-4-12)24(29)30/h3-6,10-11,14,16-17,25H,7-9H2,1-2H3,(H,22,26)/t10-,11-,14?,16-,17-/m1/s1. The number of rotatable bonds is 7. The van der Waals surface area contributed by atoms with Crippen molar-refractivity contribution in [1.29, 1.82) is 0 Å². The molecule has 1 aromatic carbocycles. The Morgan fingerprint density at radius 3 is 2.62 bits per heavy atom. The van der Waals surface area contributed by atoms with Gasteiger partial charge in [-0.25, -0.2) is 4.79 Å². The zero-order valence-corrected chi connectivity index (χ0v) is 18.3. The Labute approximate surface area is 188 Å². The lowest BCUT2D eigenvalue weighted by atomic mass is 9.79. The predicted octanol–water partition coefficient (Wildman–Crippen LogP) is 1.33. The Bertz CT molecular complexity index is 1010. The van der Waals surface area contributed by atoms with Crippen LogP contribution < -0.4 is 5.32 Å². The fraction of sp³-hybridized carbons (Fsp3) is 0.476. The summed E-state index contributed by atoms with van der Waals surface area (Å²) < 4.78 is 5.45. The molecule has 32 heavy (non-hydrogen) atoms. The maximum Gasteiger partial charge on any atom is 0.356 e. The highest BCUT2D eigenvalue weighted by molar-refractivity contribution is 8.03. The number of aliphatic hydroxyl groups excluding tert-OH is 1. The lowest BCUT2D eigenvalue weighted by molar-refractivity contribution is -0.384. The van der Waals surface area contributed by atoms with Gasteiger partial charge in [-0.15, -0.1) is 11.8 Å². The molecule has 0 spiro atoms. The molecule has 10 nitrogen and oxygen atoms in total. The molecule has 0 aromatic heterocycles. The van der Waals surface area contributed by atoms with Gasteiger partial charge in [0.25, 0.3) is 5.69 Å². The van der Waals surface area contributed by atoms with Crippen molar-refractivity contribution >= 4 is 35.2 Å². The van der Waals surface area contributed by atoms with Gasteiger partial charge in [0.1, 0.15) is 12.3 Å². The fourth-order valence-corrected chi connectivity index (χ4v) is 5.85. The Kier molecular flexibility index (Phi) is 5.95. The molecule has 0 bridgehead atoms. The molecule has 3 aliphatic rings. The SMILES string of the molecule is C[C@@H](O)[C@H]1C(=O)N2C(C(=O)OCc3ccc([N+](=O)[O-])cc3)=C(SC3CNC(=O)C3)[C@H](C)[C@H]12. The minimum absolute atomic E-state index is 0.0581. The molecule has 0 saturated carbocycles. The first kappa shape index (κ1) is 22.3. The molecule has 2 amide bonds. The van der Waals surface area contributed by atoms with Crippen LogP contribution in [0.3, 0.4) is 0 Å². The van der Waals surface area contributed by atoms with E-state index in [0.717, 1.165) is 0 Å². The summed E-state index contributed by atoms with van der Waals surface area (Å²) in [4.78, 5) is 49.8. The highest BCUT2D eigenvalue weighted by atomic mass is 32.2. The van der Waals surface area contributed by atoms with Gasteiger partial charge in [0.15, 0.2) is 0 Å². The van der Waals surface area contributed by atoms with E-state index in [2.05, 4.69) is 5.32 Å². The summed E-state index contributed by atoms with van der Waals surface area (Å²) in [5.74, 6) is -1.83. The zero-order valence-electron chi connectivity index (χ0n) is 17.5. The van der Waals surface area contributed by atoms with Crippen molar-refractivity contribution < 1.29 is 29.2 Å². The molecule has 2 saturated heterocycles. The van der Waals surface area contributed by atoms with Gasteiger partial charge < -0.3 is 20.1 Å². The first-order valence-corrected chi connectivity index (χ1v) is 11.2. The van der Waals surface area contributed by atoms with Crippen LogP contribution in [-0.2, 0) is 25.7 Å². The Morgan fingerprint density at radius 1 is 1.38 bits per heavy atom. The van der Waals surface area contributed by atoms with Crippen molar-refractivity contribution in [2.75, 3.05) is 6.54 Å². The summed E-state index contributed by atoms with van der Waals surface area (Å²) in [5, 5.41) is 23.6. The number of hydrogen-bond acceptors (Lipinski definition) is 8. The largest absolute Gasteiger partial charge is 0.456 e.